The van der Waals surface area contributed by atoms with E-state index in [9.17, 15) is 9.59 Å². The summed E-state index contributed by atoms with van der Waals surface area (Å²) in [4.78, 5) is 27.9. The zero-order valence-corrected chi connectivity index (χ0v) is 15.9. The largest absolute Gasteiger partial charge is 0.455 e. The van der Waals surface area contributed by atoms with Crippen molar-refractivity contribution in [1.82, 2.24) is 9.80 Å². The zero-order chi connectivity index (χ0) is 19.1. The van der Waals surface area contributed by atoms with Gasteiger partial charge in [0.2, 0.25) is 0 Å². The van der Waals surface area contributed by atoms with Crippen molar-refractivity contribution in [1.29, 1.82) is 0 Å². The van der Waals surface area contributed by atoms with Crippen LogP contribution >= 0.6 is 0 Å². The fourth-order valence-electron chi connectivity index (χ4n) is 2.93. The number of hydrogen-bond acceptors (Lipinski definition) is 5. The molecule has 1 unspecified atom stereocenters. The SMILES string of the molecule is CCC(C)c1cccc(C(=O)OC2CN(COC)C(=O)N(COC)C2)c1. The van der Waals surface area contributed by atoms with Gasteiger partial charge in [0.1, 0.15) is 19.6 Å². The Morgan fingerprint density at radius 3 is 2.35 bits per heavy atom. The third kappa shape index (κ3) is 4.95. The van der Waals surface area contributed by atoms with Crippen LogP contribution in [0.4, 0.5) is 4.79 Å². The minimum absolute atomic E-state index is 0.136. The van der Waals surface area contributed by atoms with Gasteiger partial charge in [-0.25, -0.2) is 9.59 Å². The topological polar surface area (TPSA) is 68.3 Å². The lowest BCUT2D eigenvalue weighted by Gasteiger charge is -2.38. The fraction of sp³-hybridized carbons (Fsp3) is 0.579. The first kappa shape index (κ1) is 20.2. The van der Waals surface area contributed by atoms with Crippen LogP contribution in [0.5, 0.6) is 0 Å². The molecule has 1 aromatic rings. The number of nitrogens with zero attached hydrogens (tertiary/aromatic N) is 2. The molecule has 1 saturated heterocycles. The molecule has 1 heterocycles. The maximum absolute atomic E-state index is 12.6. The third-order valence-corrected chi connectivity index (χ3v) is 4.54. The Morgan fingerprint density at radius 2 is 1.81 bits per heavy atom. The second-order valence-corrected chi connectivity index (χ2v) is 6.53. The number of ether oxygens (including phenoxy) is 3. The molecule has 1 fully saturated rings. The molecule has 144 valence electrons. The van der Waals surface area contributed by atoms with Crippen molar-refractivity contribution < 1.29 is 23.8 Å². The average Bonchev–Trinajstić information content (AvgIpc) is 2.65. The Hall–Kier alpha value is -2.12. The Balaban J connectivity index is 2.08. The predicted molar refractivity (Wildman–Crippen MR) is 96.9 cm³/mol. The van der Waals surface area contributed by atoms with Crippen molar-refractivity contribution in [2.75, 3.05) is 40.8 Å². The van der Waals surface area contributed by atoms with Gasteiger partial charge in [0.25, 0.3) is 0 Å². The highest BCUT2D eigenvalue weighted by molar-refractivity contribution is 5.90. The lowest BCUT2D eigenvalue weighted by atomic mass is 9.97. The summed E-state index contributed by atoms with van der Waals surface area (Å²) in [5.41, 5.74) is 1.64. The van der Waals surface area contributed by atoms with Crippen molar-refractivity contribution in [2.45, 2.75) is 32.3 Å². The van der Waals surface area contributed by atoms with E-state index in [1.165, 1.54) is 24.0 Å². The molecule has 2 amide bonds. The third-order valence-electron chi connectivity index (χ3n) is 4.54. The van der Waals surface area contributed by atoms with E-state index in [1.54, 1.807) is 6.07 Å². The van der Waals surface area contributed by atoms with Crippen molar-refractivity contribution >= 4 is 12.0 Å². The second kappa shape index (κ2) is 9.54. The number of urea groups is 1. The second-order valence-electron chi connectivity index (χ2n) is 6.53. The highest BCUT2D eigenvalue weighted by Gasteiger charge is 2.34. The molecule has 26 heavy (non-hydrogen) atoms. The van der Waals surface area contributed by atoms with Crippen molar-refractivity contribution in [2.24, 2.45) is 0 Å². The standard InChI is InChI=1S/C19H28N2O5/c1-5-14(2)15-7-6-8-16(9-15)18(22)26-17-10-20(12-24-3)19(23)21(11-17)13-25-4/h6-9,14,17H,5,10-13H2,1-4H3. The minimum Gasteiger partial charge on any atom is -0.455 e. The number of carbonyl (C=O) groups is 2. The molecule has 1 aliphatic rings. The van der Waals surface area contributed by atoms with Crippen LogP contribution in [0, 0.1) is 0 Å². The first-order chi connectivity index (χ1) is 12.5. The van der Waals surface area contributed by atoms with Crippen molar-refractivity contribution in [3.63, 3.8) is 0 Å². The van der Waals surface area contributed by atoms with E-state index in [2.05, 4.69) is 13.8 Å². The summed E-state index contributed by atoms with van der Waals surface area (Å²) in [5, 5.41) is 0. The minimum atomic E-state index is -0.447. The summed E-state index contributed by atoms with van der Waals surface area (Å²) in [6.45, 7) is 5.10. The van der Waals surface area contributed by atoms with Crippen LogP contribution in [0.25, 0.3) is 0 Å². The van der Waals surface area contributed by atoms with Crippen LogP contribution in [0.2, 0.25) is 0 Å². The molecule has 1 atom stereocenters. The molecule has 7 heteroatoms. The van der Waals surface area contributed by atoms with E-state index in [0.29, 0.717) is 24.6 Å². The van der Waals surface area contributed by atoms with Crippen LogP contribution in [-0.4, -0.2) is 68.7 Å². The van der Waals surface area contributed by atoms with E-state index < -0.39 is 6.10 Å². The first-order valence-electron chi connectivity index (χ1n) is 8.82. The van der Waals surface area contributed by atoms with Gasteiger partial charge in [0, 0.05) is 14.2 Å². The number of hydrogen-bond donors (Lipinski definition) is 0. The van der Waals surface area contributed by atoms with Crippen LogP contribution in [0.1, 0.15) is 42.1 Å². The van der Waals surface area contributed by atoms with Crippen LogP contribution in [0.15, 0.2) is 24.3 Å². The lowest BCUT2D eigenvalue weighted by molar-refractivity contribution is -0.0401. The van der Waals surface area contributed by atoms with Gasteiger partial charge in [-0.3, -0.25) is 9.80 Å². The summed E-state index contributed by atoms with van der Waals surface area (Å²) < 4.78 is 15.8. The molecule has 1 aliphatic heterocycles. The number of rotatable bonds is 8. The average molecular weight is 364 g/mol. The summed E-state index contributed by atoms with van der Waals surface area (Å²) >= 11 is 0. The maximum atomic E-state index is 12.6. The van der Waals surface area contributed by atoms with E-state index in [-0.39, 0.29) is 25.5 Å². The zero-order valence-electron chi connectivity index (χ0n) is 15.9. The molecule has 7 nitrogen and oxygen atoms in total. The molecule has 1 aromatic carbocycles. The molecule has 0 bridgehead atoms. The quantitative estimate of drug-likeness (QED) is 0.664. The van der Waals surface area contributed by atoms with Gasteiger partial charge in [0.05, 0.1) is 18.7 Å². The highest BCUT2D eigenvalue weighted by Crippen LogP contribution is 2.21. The van der Waals surface area contributed by atoms with Gasteiger partial charge in [-0.2, -0.15) is 0 Å². The molecular weight excluding hydrogens is 336 g/mol. The summed E-state index contributed by atoms with van der Waals surface area (Å²) in [6.07, 6.45) is 0.555. The van der Waals surface area contributed by atoms with E-state index >= 15 is 0 Å². The summed E-state index contributed by atoms with van der Waals surface area (Å²) in [7, 11) is 3.04. The highest BCUT2D eigenvalue weighted by atomic mass is 16.5. The maximum Gasteiger partial charge on any atom is 0.338 e. The monoisotopic (exact) mass is 364 g/mol. The van der Waals surface area contributed by atoms with E-state index in [4.69, 9.17) is 14.2 Å². The number of benzene rings is 1. The van der Waals surface area contributed by atoms with Gasteiger partial charge < -0.3 is 14.2 Å². The fourth-order valence-corrected chi connectivity index (χ4v) is 2.93. The van der Waals surface area contributed by atoms with Gasteiger partial charge in [-0.1, -0.05) is 26.0 Å². The number of carbonyl (C=O) groups excluding carboxylic acids is 2. The first-order valence-corrected chi connectivity index (χ1v) is 8.82. The van der Waals surface area contributed by atoms with Gasteiger partial charge >= 0.3 is 12.0 Å². The summed E-state index contributed by atoms with van der Waals surface area (Å²) in [5.74, 6) is -0.00585. The van der Waals surface area contributed by atoms with Gasteiger partial charge in [-0.05, 0) is 30.0 Å². The Labute approximate surface area is 154 Å². The normalized spacial score (nSPS) is 16.7. The van der Waals surface area contributed by atoms with E-state index in [1.807, 2.05) is 18.2 Å². The van der Waals surface area contributed by atoms with Crippen molar-refractivity contribution in [3.05, 3.63) is 35.4 Å². The van der Waals surface area contributed by atoms with Crippen LogP contribution < -0.4 is 0 Å². The lowest BCUT2D eigenvalue weighted by Crippen LogP contribution is -2.57. The Bertz CT molecular complexity index is 604. The van der Waals surface area contributed by atoms with Gasteiger partial charge in [-0.15, -0.1) is 0 Å². The molecule has 0 spiro atoms. The molecule has 0 saturated carbocycles. The number of amides is 2. The van der Waals surface area contributed by atoms with Crippen molar-refractivity contribution in [3.8, 4) is 0 Å². The summed E-state index contributed by atoms with van der Waals surface area (Å²) in [6, 6.07) is 7.33. The van der Waals surface area contributed by atoms with E-state index in [0.717, 1.165) is 12.0 Å². The predicted octanol–water partition coefficient (Wildman–Crippen LogP) is 2.67. The Kier molecular flexibility index (Phi) is 7.41. The molecule has 2 rings (SSSR count). The molecular formula is C19H28N2O5. The smallest absolute Gasteiger partial charge is 0.338 e. The molecule has 0 N–H and O–H groups in total. The number of esters is 1. The molecule has 0 aliphatic carbocycles. The molecule has 0 radical (unpaired) electrons. The van der Waals surface area contributed by atoms with Crippen LogP contribution in [0.3, 0.4) is 0 Å². The molecule has 0 aromatic heterocycles. The van der Waals surface area contributed by atoms with Crippen LogP contribution in [-0.2, 0) is 14.2 Å². The van der Waals surface area contributed by atoms with Gasteiger partial charge in [0.15, 0.2) is 0 Å². The number of methoxy groups -OCH3 is 2. The Morgan fingerprint density at radius 1 is 1.19 bits per heavy atom.